The fraction of sp³-hybridized carbons (Fsp3) is 0.639. The molecule has 0 saturated heterocycles. The lowest BCUT2D eigenvalue weighted by atomic mass is 10.0. The predicted octanol–water partition coefficient (Wildman–Crippen LogP) is 16.8. The minimum Gasteiger partial charge on any atom is -0.461 e. The van der Waals surface area contributed by atoms with E-state index in [1.54, 1.807) is 0 Å². The molecule has 0 saturated carbocycles. The van der Waals surface area contributed by atoms with Crippen LogP contribution in [0.1, 0.15) is 226 Å². The molecule has 3 unspecified atom stereocenters. The molecule has 0 aliphatic rings. The normalized spacial score (nSPS) is 14.2. The van der Waals surface area contributed by atoms with Gasteiger partial charge in [-0.25, -0.2) is 0 Å². The lowest BCUT2D eigenvalue weighted by molar-refractivity contribution is -0.150. The van der Waals surface area contributed by atoms with Crippen LogP contribution in [0.4, 0.5) is 0 Å². The number of allylic oxidation sites excluding steroid dienone is 19. The van der Waals surface area contributed by atoms with Gasteiger partial charge in [0.25, 0.3) is 0 Å². The summed E-state index contributed by atoms with van der Waals surface area (Å²) in [5, 5.41) is 23.8. The summed E-state index contributed by atoms with van der Waals surface area (Å²) in [5.41, 5.74) is 0. The SMILES string of the molecule is CC/C=C\C/C=C\C/C=C\C/C=C\C/C=C\CCCCCC(=O)OC(C/C=C\C/C=C\C/C=C\C/C=C\C/C=C\CC)CC(=O)NC(CO)C(O)CCCCCCCCCCCCCCCC. The molecule has 0 radical (unpaired) electrons. The van der Waals surface area contributed by atoms with Crippen molar-refractivity contribution in [3.63, 3.8) is 0 Å². The van der Waals surface area contributed by atoms with Crippen LogP contribution >= 0.6 is 0 Å². The molecule has 0 aromatic carbocycles. The second-order valence-electron chi connectivity index (χ2n) is 17.9. The van der Waals surface area contributed by atoms with Crippen LogP contribution in [0.25, 0.3) is 0 Å². The third-order valence-corrected chi connectivity index (χ3v) is 11.5. The topological polar surface area (TPSA) is 95.9 Å². The molecule has 380 valence electrons. The Balaban J connectivity index is 4.77. The van der Waals surface area contributed by atoms with Crippen molar-refractivity contribution in [2.24, 2.45) is 0 Å². The van der Waals surface area contributed by atoms with Crippen LogP contribution < -0.4 is 5.32 Å². The summed E-state index contributed by atoms with van der Waals surface area (Å²) < 4.78 is 5.87. The van der Waals surface area contributed by atoms with E-state index >= 15 is 0 Å². The molecule has 0 heterocycles. The molecule has 3 N–H and O–H groups in total. The first-order valence-electron chi connectivity index (χ1n) is 27.3. The number of aliphatic hydroxyl groups excluding tert-OH is 2. The minimum absolute atomic E-state index is 0.0216. The zero-order valence-corrected chi connectivity index (χ0v) is 43.2. The Morgan fingerprint density at radius 3 is 1.25 bits per heavy atom. The second-order valence-corrected chi connectivity index (χ2v) is 17.9. The minimum atomic E-state index is -0.826. The Kier molecular flexibility index (Phi) is 50.2. The summed E-state index contributed by atoms with van der Waals surface area (Å²) in [5.74, 6) is -0.627. The molecule has 6 nitrogen and oxygen atoms in total. The average molecular weight is 928 g/mol. The molecule has 6 heteroatoms. The van der Waals surface area contributed by atoms with Gasteiger partial charge in [-0.15, -0.1) is 0 Å². The molecule has 0 aliphatic heterocycles. The van der Waals surface area contributed by atoms with Gasteiger partial charge >= 0.3 is 5.97 Å². The fourth-order valence-corrected chi connectivity index (χ4v) is 7.48. The first kappa shape index (κ1) is 63.3. The summed E-state index contributed by atoms with van der Waals surface area (Å²) in [6, 6.07) is -0.748. The highest BCUT2D eigenvalue weighted by atomic mass is 16.5. The Hall–Kier alpha value is -3.74. The smallest absolute Gasteiger partial charge is 0.306 e. The zero-order valence-electron chi connectivity index (χ0n) is 43.2. The molecule has 0 fully saturated rings. The van der Waals surface area contributed by atoms with Gasteiger partial charge in [-0.1, -0.05) is 239 Å². The number of carbonyl (C=O) groups excluding carboxylic acids is 2. The van der Waals surface area contributed by atoms with Gasteiger partial charge in [0.15, 0.2) is 0 Å². The molecule has 0 spiro atoms. The van der Waals surface area contributed by atoms with Crippen LogP contribution in [-0.2, 0) is 14.3 Å². The number of esters is 1. The van der Waals surface area contributed by atoms with E-state index in [0.29, 0.717) is 19.3 Å². The second kappa shape index (κ2) is 53.2. The maximum absolute atomic E-state index is 13.2. The molecule has 3 atom stereocenters. The predicted molar refractivity (Wildman–Crippen MR) is 291 cm³/mol. The quantitative estimate of drug-likeness (QED) is 0.0321. The lowest BCUT2D eigenvalue weighted by Crippen LogP contribution is -2.46. The Bertz CT molecular complexity index is 1410. The zero-order chi connectivity index (χ0) is 48.8. The van der Waals surface area contributed by atoms with E-state index in [0.717, 1.165) is 109 Å². The highest BCUT2D eigenvalue weighted by Crippen LogP contribution is 2.16. The Labute approximate surface area is 412 Å². The van der Waals surface area contributed by atoms with Crippen LogP contribution in [-0.4, -0.2) is 46.9 Å². The summed E-state index contributed by atoms with van der Waals surface area (Å²) in [6.07, 6.45) is 74.2. The maximum Gasteiger partial charge on any atom is 0.306 e. The van der Waals surface area contributed by atoms with Gasteiger partial charge in [0.2, 0.25) is 5.91 Å². The van der Waals surface area contributed by atoms with Crippen molar-refractivity contribution in [2.45, 2.75) is 244 Å². The van der Waals surface area contributed by atoms with Crippen molar-refractivity contribution in [1.82, 2.24) is 5.32 Å². The van der Waals surface area contributed by atoms with Crippen LogP contribution in [0.3, 0.4) is 0 Å². The van der Waals surface area contributed by atoms with Gasteiger partial charge in [-0.3, -0.25) is 9.59 Å². The van der Waals surface area contributed by atoms with Crippen molar-refractivity contribution in [2.75, 3.05) is 6.61 Å². The van der Waals surface area contributed by atoms with Gasteiger partial charge in [0.1, 0.15) is 6.10 Å². The summed E-state index contributed by atoms with van der Waals surface area (Å²) in [4.78, 5) is 26.2. The molecular formula is C61H101NO5. The number of ether oxygens (including phenoxy) is 1. The maximum atomic E-state index is 13.2. The number of rotatable bonds is 47. The van der Waals surface area contributed by atoms with E-state index in [2.05, 4.69) is 135 Å². The van der Waals surface area contributed by atoms with Crippen LogP contribution in [0, 0.1) is 0 Å². The van der Waals surface area contributed by atoms with Gasteiger partial charge < -0.3 is 20.3 Å². The summed E-state index contributed by atoms with van der Waals surface area (Å²) >= 11 is 0. The molecule has 0 aromatic heterocycles. The van der Waals surface area contributed by atoms with Crippen molar-refractivity contribution in [3.8, 4) is 0 Å². The van der Waals surface area contributed by atoms with Crippen molar-refractivity contribution in [3.05, 3.63) is 122 Å². The molecule has 0 aliphatic carbocycles. The number of nitrogens with one attached hydrogen (secondary N) is 1. The first-order valence-corrected chi connectivity index (χ1v) is 27.3. The van der Waals surface area contributed by atoms with Crippen LogP contribution in [0.15, 0.2) is 122 Å². The largest absolute Gasteiger partial charge is 0.461 e. The highest BCUT2D eigenvalue weighted by molar-refractivity contribution is 5.77. The third kappa shape index (κ3) is 48.5. The number of hydrogen-bond donors (Lipinski definition) is 3. The van der Waals surface area contributed by atoms with E-state index in [4.69, 9.17) is 4.74 Å². The van der Waals surface area contributed by atoms with Crippen LogP contribution in [0.5, 0.6) is 0 Å². The highest BCUT2D eigenvalue weighted by Gasteiger charge is 2.23. The van der Waals surface area contributed by atoms with E-state index < -0.39 is 18.2 Å². The van der Waals surface area contributed by atoms with Gasteiger partial charge in [-0.2, -0.15) is 0 Å². The van der Waals surface area contributed by atoms with E-state index in [1.807, 2.05) is 12.2 Å². The molecule has 0 bridgehead atoms. The standard InChI is InChI=1S/C61H101NO5/c1-4-7-10-13-16-19-22-25-28-29-30-31-33-36-39-42-45-48-51-54-61(66)67-57(52-49-46-43-40-37-34-32-26-23-20-17-14-11-8-5-2)55-60(65)62-58(56-63)59(64)53-50-47-44-41-38-35-27-24-21-18-15-12-9-6-3/h7-8,10-11,16-17,19-20,25-26,28,30-32,36-37,39-40,46,49,57-59,63-64H,4-6,9,12-15,18,21-24,27,29,33-35,38,41-45,47-48,50-56H2,1-3H3,(H,62,65)/b10-7-,11-8-,19-16-,20-17-,28-25-,31-30-,32-26-,39-36-,40-37-,49-46-. The van der Waals surface area contributed by atoms with E-state index in [1.165, 1.54) is 70.6 Å². The fourth-order valence-electron chi connectivity index (χ4n) is 7.48. The van der Waals surface area contributed by atoms with Gasteiger partial charge in [-0.05, 0) is 89.9 Å². The molecule has 0 rings (SSSR count). The van der Waals surface area contributed by atoms with Crippen molar-refractivity contribution < 1.29 is 24.5 Å². The molecule has 67 heavy (non-hydrogen) atoms. The van der Waals surface area contributed by atoms with Gasteiger partial charge in [0.05, 0.1) is 25.2 Å². The molecular weight excluding hydrogens is 827 g/mol. The summed E-state index contributed by atoms with van der Waals surface area (Å²) in [7, 11) is 0. The monoisotopic (exact) mass is 928 g/mol. The Morgan fingerprint density at radius 2 is 0.836 bits per heavy atom. The third-order valence-electron chi connectivity index (χ3n) is 11.5. The Morgan fingerprint density at radius 1 is 0.463 bits per heavy atom. The van der Waals surface area contributed by atoms with Crippen molar-refractivity contribution >= 4 is 11.9 Å². The van der Waals surface area contributed by atoms with Gasteiger partial charge in [0, 0.05) is 12.8 Å². The summed E-state index contributed by atoms with van der Waals surface area (Å²) in [6.45, 7) is 6.22. The number of unbranched alkanes of at least 4 members (excludes halogenated alkanes) is 16. The van der Waals surface area contributed by atoms with E-state index in [-0.39, 0.29) is 24.9 Å². The number of carbonyl (C=O) groups is 2. The molecule has 0 aromatic rings. The van der Waals surface area contributed by atoms with Crippen molar-refractivity contribution in [1.29, 1.82) is 0 Å². The number of aliphatic hydroxyl groups is 2. The van der Waals surface area contributed by atoms with E-state index in [9.17, 15) is 19.8 Å². The number of hydrogen-bond acceptors (Lipinski definition) is 5. The first-order chi connectivity index (χ1) is 33.0. The van der Waals surface area contributed by atoms with Crippen LogP contribution in [0.2, 0.25) is 0 Å². The average Bonchev–Trinajstić information content (AvgIpc) is 3.32. The molecule has 1 amide bonds. The lowest BCUT2D eigenvalue weighted by Gasteiger charge is -2.24. The number of amides is 1.